The molecule has 0 spiro atoms. The lowest BCUT2D eigenvalue weighted by Crippen LogP contribution is -2.32. The Kier molecular flexibility index (Phi) is 5.42. The van der Waals surface area contributed by atoms with Crippen molar-refractivity contribution in [3.05, 3.63) is 59.7 Å². The van der Waals surface area contributed by atoms with Gasteiger partial charge in [0.15, 0.2) is 0 Å². The van der Waals surface area contributed by atoms with Crippen LogP contribution in [0.1, 0.15) is 18.1 Å². The molecule has 0 saturated carbocycles. The van der Waals surface area contributed by atoms with Crippen molar-refractivity contribution < 1.29 is 13.9 Å². The van der Waals surface area contributed by atoms with Gasteiger partial charge in [0.2, 0.25) is 5.91 Å². The maximum absolute atomic E-state index is 12.3. The Morgan fingerprint density at radius 1 is 1.23 bits per heavy atom. The summed E-state index contributed by atoms with van der Waals surface area (Å²) in [5.74, 6) is 0.614. The Morgan fingerprint density at radius 3 is 2.77 bits per heavy atom. The molecule has 2 aromatic carbocycles. The van der Waals surface area contributed by atoms with Gasteiger partial charge in [0.25, 0.3) is 0 Å². The Morgan fingerprint density at radius 2 is 2.00 bits per heavy atom. The van der Waals surface area contributed by atoms with Gasteiger partial charge in [-0.3, -0.25) is 13.9 Å². The number of nitrogens with one attached hydrogen (secondary N) is 1. The van der Waals surface area contributed by atoms with Crippen LogP contribution < -0.4 is 16.0 Å². The average molecular weight is 427 g/mol. The number of aromatic nitrogens is 1. The van der Waals surface area contributed by atoms with Crippen LogP contribution in [0.3, 0.4) is 0 Å². The molecule has 7 nitrogen and oxygen atoms in total. The third kappa shape index (κ3) is 3.99. The largest absolute Gasteiger partial charge is 0.351 e. The molecule has 158 valence electrons. The van der Waals surface area contributed by atoms with Gasteiger partial charge in [0.1, 0.15) is 5.82 Å². The minimum absolute atomic E-state index is 0.221. The highest BCUT2D eigenvalue weighted by Gasteiger charge is 2.26. The number of nitrogens with two attached hydrogens (primary N) is 1. The first-order valence-electron chi connectivity index (χ1n) is 9.81. The van der Waals surface area contributed by atoms with Crippen molar-refractivity contribution in [1.82, 2.24) is 4.98 Å². The van der Waals surface area contributed by atoms with E-state index < -0.39 is 16.6 Å². The molecule has 30 heavy (non-hydrogen) atoms. The van der Waals surface area contributed by atoms with E-state index in [-0.39, 0.29) is 11.7 Å². The van der Waals surface area contributed by atoms with Crippen LogP contribution in [-0.2, 0) is 11.3 Å². The molecule has 0 fully saturated rings. The third-order valence-corrected chi connectivity index (χ3v) is 7.13. The van der Waals surface area contributed by atoms with E-state index >= 15 is 0 Å². The van der Waals surface area contributed by atoms with Crippen molar-refractivity contribution in [2.24, 2.45) is 5.73 Å². The molecule has 0 aliphatic carbocycles. The molecule has 8 heteroatoms. The van der Waals surface area contributed by atoms with Gasteiger partial charge in [0.05, 0.1) is 27.9 Å². The van der Waals surface area contributed by atoms with Gasteiger partial charge in [-0.15, -0.1) is 0 Å². The molecular weight excluding hydrogens is 400 g/mol. The van der Waals surface area contributed by atoms with Gasteiger partial charge in [-0.1, -0.05) is 29.8 Å². The molecule has 1 aliphatic heterocycles. The first kappa shape index (κ1) is 20.6. The molecular formula is C22H26N4O3S. The molecule has 0 bridgehead atoms. The number of amides is 1. The molecule has 4 rings (SSSR count). The number of hydrogen-bond donors (Lipinski definition) is 4. The first-order chi connectivity index (χ1) is 14.2. The number of aryl methyl sites for hydroxylation is 1. The van der Waals surface area contributed by atoms with E-state index in [0.29, 0.717) is 29.5 Å². The number of benzene rings is 2. The van der Waals surface area contributed by atoms with Crippen LogP contribution in [0.2, 0.25) is 0 Å². The minimum Gasteiger partial charge on any atom is -0.351 e. The fourth-order valence-electron chi connectivity index (χ4n) is 3.62. The Bertz CT molecular complexity index is 1120. The maximum atomic E-state index is 12.3. The van der Waals surface area contributed by atoms with Gasteiger partial charge >= 0.3 is 0 Å². The molecule has 1 amide bonds. The molecule has 1 atom stereocenters. The van der Waals surface area contributed by atoms with E-state index in [1.807, 2.05) is 54.3 Å². The number of carbonyl (C=O) groups excluding carboxylic acids is 1. The zero-order valence-electron chi connectivity index (χ0n) is 17.0. The summed E-state index contributed by atoms with van der Waals surface area (Å²) in [6, 6.07) is 14.5. The van der Waals surface area contributed by atoms with Gasteiger partial charge in [-0.25, -0.2) is 4.98 Å². The van der Waals surface area contributed by atoms with E-state index in [0.717, 1.165) is 22.0 Å². The molecule has 0 saturated heterocycles. The molecule has 1 aromatic heterocycles. The van der Waals surface area contributed by atoms with Gasteiger partial charge in [0, 0.05) is 24.5 Å². The summed E-state index contributed by atoms with van der Waals surface area (Å²) in [6.45, 7) is 4.56. The Balaban J connectivity index is 1.79. The molecule has 0 radical (unpaired) electrons. The van der Waals surface area contributed by atoms with Crippen molar-refractivity contribution in [1.29, 1.82) is 0 Å². The smallest absolute Gasteiger partial charge is 0.241 e. The molecule has 2 heterocycles. The maximum Gasteiger partial charge on any atom is 0.241 e. The lowest BCUT2D eigenvalue weighted by Gasteiger charge is -2.32. The van der Waals surface area contributed by atoms with Crippen LogP contribution in [-0.4, -0.2) is 38.3 Å². The number of hydrogen-bond acceptors (Lipinski definition) is 6. The molecule has 1 aliphatic rings. The van der Waals surface area contributed by atoms with Gasteiger partial charge in [-0.2, -0.15) is 10.6 Å². The zero-order valence-corrected chi connectivity index (χ0v) is 17.8. The van der Waals surface area contributed by atoms with Crippen molar-refractivity contribution in [2.75, 3.05) is 22.5 Å². The molecule has 5 N–H and O–H groups in total. The van der Waals surface area contributed by atoms with E-state index in [2.05, 4.69) is 5.32 Å². The normalized spacial score (nSPS) is 17.7. The molecule has 3 aromatic rings. The van der Waals surface area contributed by atoms with Crippen LogP contribution in [0, 0.1) is 6.92 Å². The quantitative estimate of drug-likeness (QED) is 0.504. The third-order valence-electron chi connectivity index (χ3n) is 5.28. The first-order valence-corrected chi connectivity index (χ1v) is 11.5. The van der Waals surface area contributed by atoms with Gasteiger partial charge in [-0.05, 0) is 37.6 Å². The SMILES string of the molecule is Cc1ccc2nc(N3CCS(O)(O)c4ccccc4C3)cc(NC(=O)C(C)N)c2c1. The van der Waals surface area contributed by atoms with E-state index in [4.69, 9.17) is 10.7 Å². The van der Waals surface area contributed by atoms with Crippen molar-refractivity contribution in [2.45, 2.75) is 31.3 Å². The second kappa shape index (κ2) is 7.88. The second-order valence-electron chi connectivity index (χ2n) is 7.73. The number of nitrogens with zero attached hydrogens (tertiary/aromatic N) is 2. The van der Waals surface area contributed by atoms with E-state index in [9.17, 15) is 13.9 Å². The number of carbonyl (C=O) groups is 1. The highest BCUT2D eigenvalue weighted by atomic mass is 32.3. The number of fused-ring (bicyclic) bond motifs is 2. The topological polar surface area (TPSA) is 112 Å². The highest BCUT2D eigenvalue weighted by molar-refractivity contribution is 8.24. The van der Waals surface area contributed by atoms with Gasteiger partial charge < -0.3 is 16.0 Å². The van der Waals surface area contributed by atoms with Crippen molar-refractivity contribution >= 4 is 38.9 Å². The highest BCUT2D eigenvalue weighted by Crippen LogP contribution is 2.51. The monoisotopic (exact) mass is 426 g/mol. The zero-order chi connectivity index (χ0) is 21.5. The van der Waals surface area contributed by atoms with Crippen LogP contribution in [0.25, 0.3) is 10.9 Å². The average Bonchev–Trinajstić information content (AvgIpc) is 2.84. The summed E-state index contributed by atoms with van der Waals surface area (Å²) in [5, 5.41) is 3.76. The van der Waals surface area contributed by atoms with E-state index in [1.165, 1.54) is 0 Å². The summed E-state index contributed by atoms with van der Waals surface area (Å²) in [4.78, 5) is 19.7. The second-order valence-corrected chi connectivity index (χ2v) is 9.91. The summed E-state index contributed by atoms with van der Waals surface area (Å²) in [6.07, 6.45) is 0. The van der Waals surface area contributed by atoms with Crippen molar-refractivity contribution in [3.63, 3.8) is 0 Å². The Labute approximate surface area is 177 Å². The van der Waals surface area contributed by atoms with Crippen LogP contribution >= 0.6 is 10.6 Å². The van der Waals surface area contributed by atoms with Crippen molar-refractivity contribution in [3.8, 4) is 0 Å². The minimum atomic E-state index is -2.86. The number of pyridine rings is 1. The molecule has 1 unspecified atom stereocenters. The van der Waals surface area contributed by atoms with Crippen LogP contribution in [0.4, 0.5) is 11.5 Å². The predicted octanol–water partition coefficient (Wildman–Crippen LogP) is 3.96. The predicted molar refractivity (Wildman–Crippen MR) is 122 cm³/mol. The Hall–Kier alpha value is -2.65. The summed E-state index contributed by atoms with van der Waals surface area (Å²) in [7, 11) is -2.86. The fraction of sp³-hybridized carbons (Fsp3) is 0.273. The summed E-state index contributed by atoms with van der Waals surface area (Å²) >= 11 is 0. The van der Waals surface area contributed by atoms with E-state index in [1.54, 1.807) is 13.0 Å². The lowest BCUT2D eigenvalue weighted by atomic mass is 10.1. The number of rotatable bonds is 3. The summed E-state index contributed by atoms with van der Waals surface area (Å²) in [5.41, 5.74) is 9.07. The fourth-order valence-corrected chi connectivity index (χ4v) is 5.16. The van der Waals surface area contributed by atoms with Crippen LogP contribution in [0.5, 0.6) is 0 Å². The summed E-state index contributed by atoms with van der Waals surface area (Å²) < 4.78 is 21.3. The standard InChI is InChI=1S/C22H26N4O3S/c1-14-7-8-18-17(11-14)19(25-22(27)15(2)23)12-21(24-18)26-9-10-30(28,29)20-6-4-3-5-16(20)13-26/h3-8,11-12,15,28-29H,9-10,13,23H2,1-2H3,(H,24,25,27). The number of anilines is 2. The van der Waals surface area contributed by atoms with Crippen LogP contribution in [0.15, 0.2) is 53.4 Å². The lowest BCUT2D eigenvalue weighted by molar-refractivity contribution is -0.117.